The van der Waals surface area contributed by atoms with E-state index in [0.717, 1.165) is 22.6 Å². The van der Waals surface area contributed by atoms with E-state index in [1.807, 2.05) is 37.0 Å². The fourth-order valence-electron chi connectivity index (χ4n) is 2.05. The first-order chi connectivity index (χ1) is 8.17. The molecule has 0 radical (unpaired) electrons. The van der Waals surface area contributed by atoms with E-state index >= 15 is 0 Å². The van der Waals surface area contributed by atoms with Crippen LogP contribution in [-0.2, 0) is 7.05 Å². The van der Waals surface area contributed by atoms with Crippen LogP contribution in [0.3, 0.4) is 0 Å². The molecule has 0 aliphatic heterocycles. The first-order valence-corrected chi connectivity index (χ1v) is 6.92. The van der Waals surface area contributed by atoms with Gasteiger partial charge in [-0.15, -0.1) is 0 Å². The van der Waals surface area contributed by atoms with Gasteiger partial charge in [0, 0.05) is 18.7 Å². The molecule has 88 valence electrons. The highest BCUT2D eigenvalue weighted by Gasteiger charge is 2.14. The largest absolute Gasteiger partial charge is 0.331 e. The third-order valence-corrected chi connectivity index (χ3v) is 3.74. The van der Waals surface area contributed by atoms with Gasteiger partial charge in [0.15, 0.2) is 0 Å². The molecule has 0 aliphatic rings. The van der Waals surface area contributed by atoms with Crippen molar-refractivity contribution in [1.29, 1.82) is 5.26 Å². The zero-order valence-electron chi connectivity index (χ0n) is 10.3. The van der Waals surface area contributed by atoms with Crippen LogP contribution in [0.2, 0.25) is 0 Å². The first kappa shape index (κ1) is 12.0. The summed E-state index contributed by atoms with van der Waals surface area (Å²) in [5.41, 5.74) is 2.67. The minimum atomic E-state index is 0.424. The maximum absolute atomic E-state index is 8.88. The predicted molar refractivity (Wildman–Crippen MR) is 72.2 cm³/mol. The van der Waals surface area contributed by atoms with Gasteiger partial charge in [0.05, 0.1) is 22.7 Å². The van der Waals surface area contributed by atoms with Gasteiger partial charge in [-0.1, -0.05) is 6.92 Å². The number of aryl methyl sites for hydroxylation is 1. The molecule has 0 saturated carbocycles. The van der Waals surface area contributed by atoms with Crippen LogP contribution in [0.5, 0.6) is 0 Å². The third-order valence-electron chi connectivity index (χ3n) is 2.90. The minimum absolute atomic E-state index is 0.424. The van der Waals surface area contributed by atoms with E-state index < -0.39 is 0 Å². The Morgan fingerprint density at radius 2 is 2.29 bits per heavy atom. The standard InChI is InChI=1S/C13H15N3S/c1-9(8-17-3)13-15-11-6-10(7-14)4-5-12(11)16(13)2/h4-6,9H,8H2,1-3H3. The molecular weight excluding hydrogens is 230 g/mol. The van der Waals surface area contributed by atoms with Gasteiger partial charge in [-0.2, -0.15) is 17.0 Å². The zero-order valence-corrected chi connectivity index (χ0v) is 11.1. The Labute approximate surface area is 105 Å². The van der Waals surface area contributed by atoms with Gasteiger partial charge in [0.1, 0.15) is 5.82 Å². The van der Waals surface area contributed by atoms with Gasteiger partial charge in [-0.05, 0) is 24.5 Å². The minimum Gasteiger partial charge on any atom is -0.331 e. The van der Waals surface area contributed by atoms with Crippen molar-refractivity contribution in [2.24, 2.45) is 7.05 Å². The normalized spacial score (nSPS) is 12.6. The summed E-state index contributed by atoms with van der Waals surface area (Å²) in [7, 11) is 2.04. The molecule has 0 aliphatic carbocycles. The molecule has 3 nitrogen and oxygen atoms in total. The summed E-state index contributed by atoms with van der Waals surface area (Å²) in [5, 5.41) is 8.88. The van der Waals surface area contributed by atoms with E-state index in [2.05, 4.69) is 28.8 Å². The molecule has 0 spiro atoms. The lowest BCUT2D eigenvalue weighted by atomic mass is 10.2. The third kappa shape index (κ3) is 2.16. The molecule has 1 heterocycles. The van der Waals surface area contributed by atoms with E-state index in [9.17, 15) is 0 Å². The SMILES string of the molecule is CSCC(C)c1nc2cc(C#N)ccc2n1C. The number of hydrogen-bond donors (Lipinski definition) is 0. The van der Waals surface area contributed by atoms with Gasteiger partial charge in [0.2, 0.25) is 0 Å². The zero-order chi connectivity index (χ0) is 12.4. The van der Waals surface area contributed by atoms with Crippen LogP contribution in [0.4, 0.5) is 0 Å². The van der Waals surface area contributed by atoms with Crippen LogP contribution < -0.4 is 0 Å². The monoisotopic (exact) mass is 245 g/mol. The lowest BCUT2D eigenvalue weighted by Gasteiger charge is -2.09. The highest BCUT2D eigenvalue weighted by molar-refractivity contribution is 7.98. The van der Waals surface area contributed by atoms with Gasteiger partial charge >= 0.3 is 0 Å². The molecule has 1 atom stereocenters. The van der Waals surface area contributed by atoms with Gasteiger partial charge in [0.25, 0.3) is 0 Å². The van der Waals surface area contributed by atoms with Crippen LogP contribution in [0.1, 0.15) is 24.2 Å². The molecule has 17 heavy (non-hydrogen) atoms. The van der Waals surface area contributed by atoms with Crippen molar-refractivity contribution in [3.8, 4) is 6.07 Å². The van der Waals surface area contributed by atoms with Crippen molar-refractivity contribution >= 4 is 22.8 Å². The number of rotatable bonds is 3. The van der Waals surface area contributed by atoms with Crippen LogP contribution >= 0.6 is 11.8 Å². The van der Waals surface area contributed by atoms with Crippen LogP contribution in [-0.4, -0.2) is 21.6 Å². The quantitative estimate of drug-likeness (QED) is 0.835. The van der Waals surface area contributed by atoms with Gasteiger partial charge in [-0.3, -0.25) is 0 Å². The van der Waals surface area contributed by atoms with E-state index in [-0.39, 0.29) is 0 Å². The fourth-order valence-corrected chi connectivity index (χ4v) is 2.70. The molecule has 1 aromatic heterocycles. The molecule has 1 aromatic carbocycles. The van der Waals surface area contributed by atoms with Crippen LogP contribution in [0.25, 0.3) is 11.0 Å². The summed E-state index contributed by atoms with van der Waals surface area (Å²) in [6, 6.07) is 7.81. The van der Waals surface area contributed by atoms with Crippen molar-refractivity contribution in [2.75, 3.05) is 12.0 Å². The van der Waals surface area contributed by atoms with Crippen molar-refractivity contribution in [3.05, 3.63) is 29.6 Å². The second kappa shape index (κ2) is 4.80. The van der Waals surface area contributed by atoms with Crippen molar-refractivity contribution in [3.63, 3.8) is 0 Å². The molecule has 1 unspecified atom stereocenters. The lowest BCUT2D eigenvalue weighted by molar-refractivity contribution is 0.730. The number of benzene rings is 1. The highest BCUT2D eigenvalue weighted by Crippen LogP contribution is 2.23. The smallest absolute Gasteiger partial charge is 0.113 e. The van der Waals surface area contributed by atoms with Crippen molar-refractivity contribution < 1.29 is 0 Å². The Morgan fingerprint density at radius 1 is 1.53 bits per heavy atom. The molecule has 4 heteroatoms. The van der Waals surface area contributed by atoms with Gasteiger partial charge in [-0.25, -0.2) is 4.98 Å². The highest BCUT2D eigenvalue weighted by atomic mass is 32.2. The Morgan fingerprint density at radius 3 is 2.94 bits per heavy atom. The number of thioether (sulfide) groups is 1. The Kier molecular flexibility index (Phi) is 3.39. The van der Waals surface area contributed by atoms with Crippen molar-refractivity contribution in [1.82, 2.24) is 9.55 Å². The average molecular weight is 245 g/mol. The summed E-state index contributed by atoms with van der Waals surface area (Å²) in [6.45, 7) is 2.18. The number of aromatic nitrogens is 2. The maximum atomic E-state index is 8.88. The second-order valence-corrected chi connectivity index (χ2v) is 5.11. The van der Waals surface area contributed by atoms with Crippen molar-refractivity contribution in [2.45, 2.75) is 12.8 Å². The summed E-state index contributed by atoms with van der Waals surface area (Å²) in [6.07, 6.45) is 2.10. The molecule has 0 N–H and O–H groups in total. The topological polar surface area (TPSA) is 41.6 Å². The lowest BCUT2D eigenvalue weighted by Crippen LogP contribution is -2.05. The van der Waals surface area contributed by atoms with E-state index in [1.165, 1.54) is 0 Å². The number of hydrogen-bond acceptors (Lipinski definition) is 3. The maximum Gasteiger partial charge on any atom is 0.113 e. The second-order valence-electron chi connectivity index (χ2n) is 4.20. The van der Waals surface area contributed by atoms with Gasteiger partial charge < -0.3 is 4.57 Å². The van der Waals surface area contributed by atoms with E-state index in [0.29, 0.717) is 11.5 Å². The summed E-state index contributed by atoms with van der Waals surface area (Å²) >= 11 is 1.83. The number of fused-ring (bicyclic) bond motifs is 1. The Balaban J connectivity index is 2.53. The molecule has 2 aromatic rings. The predicted octanol–water partition coefficient (Wildman–Crippen LogP) is 2.91. The Bertz CT molecular complexity index is 580. The van der Waals surface area contributed by atoms with Crippen LogP contribution in [0.15, 0.2) is 18.2 Å². The number of nitriles is 1. The van der Waals surface area contributed by atoms with E-state index in [4.69, 9.17) is 5.26 Å². The average Bonchev–Trinajstić information content (AvgIpc) is 2.66. The molecule has 0 fully saturated rings. The molecule has 2 rings (SSSR count). The van der Waals surface area contributed by atoms with E-state index in [1.54, 1.807) is 0 Å². The fraction of sp³-hybridized carbons (Fsp3) is 0.385. The molecule has 0 amide bonds. The summed E-state index contributed by atoms with van der Waals surface area (Å²) in [5.74, 6) is 2.57. The molecule has 0 saturated heterocycles. The number of imidazole rings is 1. The summed E-state index contributed by atoms with van der Waals surface area (Å²) in [4.78, 5) is 4.64. The summed E-state index contributed by atoms with van der Waals surface area (Å²) < 4.78 is 2.12. The first-order valence-electron chi connectivity index (χ1n) is 5.52. The Hall–Kier alpha value is -1.47. The molecular formula is C13H15N3S. The van der Waals surface area contributed by atoms with Crippen LogP contribution in [0, 0.1) is 11.3 Å². The molecule has 0 bridgehead atoms. The number of nitrogens with zero attached hydrogens (tertiary/aromatic N) is 3.